The molecule has 0 unspecified atom stereocenters. The van der Waals surface area contributed by atoms with Gasteiger partial charge in [-0.1, -0.05) is 38.1 Å². The quantitative estimate of drug-likeness (QED) is 0.919. The predicted octanol–water partition coefficient (Wildman–Crippen LogP) is 3.05. The Morgan fingerprint density at radius 2 is 1.86 bits per heavy atom. The lowest BCUT2D eigenvalue weighted by Gasteiger charge is -2.31. The van der Waals surface area contributed by atoms with Crippen LogP contribution in [0.2, 0.25) is 0 Å². The van der Waals surface area contributed by atoms with Crippen molar-refractivity contribution in [1.29, 1.82) is 0 Å². The van der Waals surface area contributed by atoms with E-state index in [2.05, 4.69) is 48.0 Å². The number of hydrogen-bond donors (Lipinski definition) is 1. The van der Waals surface area contributed by atoms with E-state index in [0.29, 0.717) is 5.82 Å². The molecule has 3 rings (SSSR count). The van der Waals surface area contributed by atoms with Gasteiger partial charge >= 0.3 is 0 Å². The van der Waals surface area contributed by atoms with Gasteiger partial charge in [-0.3, -0.25) is 0 Å². The number of nitrogen functional groups attached to an aromatic ring is 1. The highest BCUT2D eigenvalue weighted by Gasteiger charge is 2.21. The molecule has 0 atom stereocenters. The van der Waals surface area contributed by atoms with Crippen molar-refractivity contribution in [3.63, 3.8) is 0 Å². The zero-order valence-electron chi connectivity index (χ0n) is 12.9. The van der Waals surface area contributed by atoms with Gasteiger partial charge in [0.2, 0.25) is 0 Å². The Morgan fingerprint density at radius 1 is 1.14 bits per heavy atom. The minimum absolute atomic E-state index is 0.281. The van der Waals surface area contributed by atoms with Crippen LogP contribution in [0, 0.1) is 6.92 Å². The van der Waals surface area contributed by atoms with Crippen molar-refractivity contribution in [2.45, 2.75) is 39.7 Å². The Morgan fingerprint density at radius 3 is 2.57 bits per heavy atom. The van der Waals surface area contributed by atoms with Crippen molar-refractivity contribution in [3.8, 4) is 0 Å². The summed E-state index contributed by atoms with van der Waals surface area (Å²) in [6.45, 7) is 8.07. The van der Waals surface area contributed by atoms with Gasteiger partial charge in [-0.15, -0.1) is 0 Å². The van der Waals surface area contributed by atoms with Gasteiger partial charge in [0.25, 0.3) is 0 Å². The smallest absolute Gasteiger partial charge is 0.137 e. The van der Waals surface area contributed by atoms with Gasteiger partial charge in [-0.2, -0.15) is 0 Å². The molecule has 0 radical (unpaired) electrons. The Balaban J connectivity index is 1.98. The van der Waals surface area contributed by atoms with Crippen LogP contribution < -0.4 is 10.6 Å². The molecule has 4 heteroatoms. The van der Waals surface area contributed by atoms with E-state index in [-0.39, 0.29) is 5.92 Å². The molecular formula is C17H22N4. The fourth-order valence-corrected chi connectivity index (χ4v) is 2.78. The summed E-state index contributed by atoms with van der Waals surface area (Å²) >= 11 is 0. The van der Waals surface area contributed by atoms with Crippen LogP contribution in [0.5, 0.6) is 0 Å². The van der Waals surface area contributed by atoms with E-state index in [0.717, 1.165) is 36.7 Å². The van der Waals surface area contributed by atoms with E-state index in [1.54, 1.807) is 0 Å². The zero-order valence-corrected chi connectivity index (χ0v) is 12.9. The molecule has 1 aliphatic heterocycles. The first-order valence-corrected chi connectivity index (χ1v) is 7.52. The highest BCUT2D eigenvalue weighted by molar-refractivity contribution is 5.58. The van der Waals surface area contributed by atoms with Crippen molar-refractivity contribution < 1.29 is 0 Å². The summed E-state index contributed by atoms with van der Waals surface area (Å²) < 4.78 is 0. The lowest BCUT2D eigenvalue weighted by Crippen LogP contribution is -2.32. The monoisotopic (exact) mass is 282 g/mol. The maximum Gasteiger partial charge on any atom is 0.137 e. The standard InChI is InChI=1S/C17H22N4/c1-11(2)16-19-15(18)12(3)17(20-16)21-9-8-13-6-4-5-7-14(13)10-21/h4-7,11H,8-10H2,1-3H3,(H2,18,19,20). The van der Waals surface area contributed by atoms with E-state index in [1.807, 2.05) is 6.92 Å². The third-order valence-electron chi connectivity index (χ3n) is 4.12. The molecular weight excluding hydrogens is 260 g/mol. The summed E-state index contributed by atoms with van der Waals surface area (Å²) in [5.41, 5.74) is 9.89. The van der Waals surface area contributed by atoms with Crippen molar-refractivity contribution in [1.82, 2.24) is 9.97 Å². The number of anilines is 2. The molecule has 0 fully saturated rings. The Bertz CT molecular complexity index is 664. The van der Waals surface area contributed by atoms with Crippen LogP contribution in [-0.2, 0) is 13.0 Å². The number of hydrogen-bond acceptors (Lipinski definition) is 4. The fourth-order valence-electron chi connectivity index (χ4n) is 2.78. The number of benzene rings is 1. The second-order valence-corrected chi connectivity index (χ2v) is 6.01. The average Bonchev–Trinajstić information content (AvgIpc) is 2.49. The zero-order chi connectivity index (χ0) is 15.0. The normalized spacial score (nSPS) is 14.4. The first-order valence-electron chi connectivity index (χ1n) is 7.52. The van der Waals surface area contributed by atoms with Gasteiger partial charge < -0.3 is 10.6 Å². The summed E-state index contributed by atoms with van der Waals surface area (Å²) in [5, 5.41) is 0. The molecule has 0 aliphatic carbocycles. The Kier molecular flexibility index (Phi) is 3.53. The Labute approximate surface area is 126 Å². The molecule has 0 amide bonds. The van der Waals surface area contributed by atoms with Crippen molar-refractivity contribution in [3.05, 3.63) is 46.8 Å². The number of aromatic nitrogens is 2. The molecule has 2 aromatic rings. The van der Waals surface area contributed by atoms with Crippen molar-refractivity contribution in [2.75, 3.05) is 17.2 Å². The summed E-state index contributed by atoms with van der Waals surface area (Å²) in [7, 11) is 0. The van der Waals surface area contributed by atoms with Crippen LogP contribution in [0.15, 0.2) is 24.3 Å². The molecule has 2 N–H and O–H groups in total. The molecule has 2 heterocycles. The maximum atomic E-state index is 6.08. The van der Waals surface area contributed by atoms with Crippen LogP contribution in [0.3, 0.4) is 0 Å². The first-order chi connectivity index (χ1) is 10.1. The van der Waals surface area contributed by atoms with Gasteiger partial charge in [-0.05, 0) is 24.5 Å². The fraction of sp³-hybridized carbons (Fsp3) is 0.412. The lowest BCUT2D eigenvalue weighted by molar-refractivity contribution is 0.700. The van der Waals surface area contributed by atoms with Gasteiger partial charge in [0.05, 0.1) is 0 Å². The molecule has 0 bridgehead atoms. The van der Waals surface area contributed by atoms with Gasteiger partial charge in [-0.25, -0.2) is 9.97 Å². The molecule has 110 valence electrons. The van der Waals surface area contributed by atoms with E-state index in [4.69, 9.17) is 10.7 Å². The first kappa shape index (κ1) is 13.9. The largest absolute Gasteiger partial charge is 0.383 e. The lowest BCUT2D eigenvalue weighted by atomic mass is 9.99. The van der Waals surface area contributed by atoms with Crippen molar-refractivity contribution in [2.24, 2.45) is 0 Å². The highest BCUT2D eigenvalue weighted by Crippen LogP contribution is 2.28. The molecule has 1 aliphatic rings. The highest BCUT2D eigenvalue weighted by atomic mass is 15.2. The molecule has 21 heavy (non-hydrogen) atoms. The molecule has 0 spiro atoms. The predicted molar refractivity (Wildman–Crippen MR) is 86.5 cm³/mol. The molecule has 1 aromatic carbocycles. The van der Waals surface area contributed by atoms with Crippen molar-refractivity contribution >= 4 is 11.6 Å². The van der Waals surface area contributed by atoms with Gasteiger partial charge in [0, 0.05) is 24.6 Å². The Hall–Kier alpha value is -2.10. The third kappa shape index (κ3) is 2.58. The minimum Gasteiger partial charge on any atom is -0.383 e. The van der Waals surface area contributed by atoms with Crippen LogP contribution in [0.25, 0.3) is 0 Å². The van der Waals surface area contributed by atoms with E-state index < -0.39 is 0 Å². The van der Waals surface area contributed by atoms with Gasteiger partial charge in [0.15, 0.2) is 0 Å². The van der Waals surface area contributed by atoms with Crippen LogP contribution in [0.1, 0.15) is 42.3 Å². The van der Waals surface area contributed by atoms with Crippen LogP contribution in [-0.4, -0.2) is 16.5 Å². The average molecular weight is 282 g/mol. The van der Waals surface area contributed by atoms with E-state index >= 15 is 0 Å². The topological polar surface area (TPSA) is 55.0 Å². The summed E-state index contributed by atoms with van der Waals surface area (Å²) in [6, 6.07) is 8.63. The second-order valence-electron chi connectivity index (χ2n) is 6.01. The van der Waals surface area contributed by atoms with E-state index in [9.17, 15) is 0 Å². The summed E-state index contributed by atoms with van der Waals surface area (Å²) in [4.78, 5) is 11.5. The van der Waals surface area contributed by atoms with E-state index in [1.165, 1.54) is 11.1 Å². The minimum atomic E-state index is 0.281. The SMILES string of the molecule is Cc1c(N)nc(C(C)C)nc1N1CCc2ccccc2C1. The summed E-state index contributed by atoms with van der Waals surface area (Å²) in [5.74, 6) is 2.69. The second kappa shape index (κ2) is 5.35. The number of rotatable bonds is 2. The summed E-state index contributed by atoms with van der Waals surface area (Å²) in [6.07, 6.45) is 1.05. The number of nitrogens with zero attached hydrogens (tertiary/aromatic N) is 3. The van der Waals surface area contributed by atoms with Crippen LogP contribution in [0.4, 0.5) is 11.6 Å². The molecule has 1 aromatic heterocycles. The molecule has 0 saturated carbocycles. The number of fused-ring (bicyclic) bond motifs is 1. The van der Waals surface area contributed by atoms with Crippen LogP contribution >= 0.6 is 0 Å². The van der Waals surface area contributed by atoms with Gasteiger partial charge in [0.1, 0.15) is 17.5 Å². The molecule has 0 saturated heterocycles. The number of nitrogens with two attached hydrogens (primary N) is 1. The maximum absolute atomic E-state index is 6.08. The third-order valence-corrected chi connectivity index (χ3v) is 4.12. The molecule has 4 nitrogen and oxygen atoms in total.